The first-order valence-corrected chi connectivity index (χ1v) is 11.0. The predicted molar refractivity (Wildman–Crippen MR) is 123 cm³/mol. The first kappa shape index (κ1) is 23.7. The van der Waals surface area contributed by atoms with E-state index in [0.29, 0.717) is 31.6 Å². The van der Waals surface area contributed by atoms with E-state index in [1.165, 1.54) is 6.07 Å². The van der Waals surface area contributed by atoms with Crippen LogP contribution in [0.15, 0.2) is 60.7 Å². The highest BCUT2D eigenvalue weighted by Gasteiger charge is 2.14. The number of unbranched alkanes of at least 4 members (excludes halogenated alkanes) is 1. The molecule has 170 valence electrons. The quantitative estimate of drug-likeness (QED) is 0.296. The fourth-order valence-electron chi connectivity index (χ4n) is 3.46. The minimum atomic E-state index is -0.915. The normalized spacial score (nSPS) is 10.9. The van der Waals surface area contributed by atoms with Gasteiger partial charge in [-0.25, -0.2) is 4.39 Å². The van der Waals surface area contributed by atoms with Gasteiger partial charge in [0.25, 0.3) is 0 Å². The van der Waals surface area contributed by atoms with Crippen molar-refractivity contribution >= 4 is 0 Å². The molecule has 3 aromatic carbocycles. The maximum Gasteiger partial charge on any atom is 0.200 e. The van der Waals surface area contributed by atoms with Gasteiger partial charge in [-0.05, 0) is 73.1 Å². The Hall–Kier alpha value is -2.92. The van der Waals surface area contributed by atoms with E-state index < -0.39 is 11.6 Å². The third-order valence-electron chi connectivity index (χ3n) is 5.26. The molecule has 5 heteroatoms. The lowest BCUT2D eigenvalue weighted by molar-refractivity contribution is 0.184. The molecule has 3 rings (SSSR count). The Kier molecular flexibility index (Phi) is 9.05. The highest BCUT2D eigenvalue weighted by Crippen LogP contribution is 2.25. The van der Waals surface area contributed by atoms with Crippen LogP contribution in [0, 0.1) is 11.6 Å². The van der Waals surface area contributed by atoms with Crippen molar-refractivity contribution in [1.82, 2.24) is 0 Å². The number of hydrogen-bond acceptors (Lipinski definition) is 3. The van der Waals surface area contributed by atoms with Gasteiger partial charge in [-0.15, -0.1) is 0 Å². The molecule has 0 aliphatic rings. The smallest absolute Gasteiger partial charge is 0.200 e. The Morgan fingerprint density at radius 1 is 0.688 bits per heavy atom. The molecule has 0 radical (unpaired) electrons. The molecule has 0 saturated carbocycles. The number of methoxy groups -OCH3 is 1. The molecule has 32 heavy (non-hydrogen) atoms. The Labute approximate surface area is 189 Å². The number of ether oxygens (including phenoxy) is 3. The summed E-state index contributed by atoms with van der Waals surface area (Å²) in [7, 11) is 1.70. The summed E-state index contributed by atoms with van der Waals surface area (Å²) in [5, 5.41) is 0. The molecule has 0 saturated heterocycles. The minimum absolute atomic E-state index is 0.0411. The van der Waals surface area contributed by atoms with Crippen molar-refractivity contribution in [2.24, 2.45) is 0 Å². The van der Waals surface area contributed by atoms with E-state index in [-0.39, 0.29) is 5.75 Å². The van der Waals surface area contributed by atoms with Crippen LogP contribution in [-0.4, -0.2) is 26.9 Å². The fourth-order valence-corrected chi connectivity index (χ4v) is 3.46. The largest absolute Gasteiger partial charge is 0.494 e. The Morgan fingerprint density at radius 2 is 1.34 bits per heavy atom. The van der Waals surface area contributed by atoms with Crippen molar-refractivity contribution in [1.29, 1.82) is 0 Å². The van der Waals surface area contributed by atoms with E-state index in [1.807, 2.05) is 48.5 Å². The molecule has 0 aliphatic carbocycles. The lowest BCUT2D eigenvalue weighted by Gasteiger charge is -2.10. The summed E-state index contributed by atoms with van der Waals surface area (Å²) in [5.41, 5.74) is 3.62. The summed E-state index contributed by atoms with van der Waals surface area (Å²) in [6, 6.07) is 19.3. The van der Waals surface area contributed by atoms with Gasteiger partial charge in [-0.1, -0.05) is 42.5 Å². The van der Waals surface area contributed by atoms with Crippen LogP contribution in [0.5, 0.6) is 11.5 Å². The zero-order valence-corrected chi connectivity index (χ0v) is 18.7. The van der Waals surface area contributed by atoms with Gasteiger partial charge in [0.2, 0.25) is 5.82 Å². The topological polar surface area (TPSA) is 27.7 Å². The van der Waals surface area contributed by atoms with Crippen LogP contribution in [0.2, 0.25) is 0 Å². The van der Waals surface area contributed by atoms with Gasteiger partial charge in [0.15, 0.2) is 11.6 Å². The number of hydrogen-bond donors (Lipinski definition) is 0. The summed E-state index contributed by atoms with van der Waals surface area (Å²) in [6.07, 6.45) is 3.00. The summed E-state index contributed by atoms with van der Waals surface area (Å²) in [5.74, 6) is -0.927. The van der Waals surface area contributed by atoms with Crippen molar-refractivity contribution in [3.8, 4) is 22.6 Å². The Balaban J connectivity index is 1.54. The minimum Gasteiger partial charge on any atom is -0.494 e. The first-order chi connectivity index (χ1) is 15.6. The molecule has 0 atom stereocenters. The van der Waals surface area contributed by atoms with Crippen molar-refractivity contribution < 1.29 is 23.0 Å². The van der Waals surface area contributed by atoms with Gasteiger partial charge in [0, 0.05) is 13.7 Å². The number of halogens is 2. The molecule has 0 N–H and O–H groups in total. The maximum atomic E-state index is 14.3. The number of aryl methyl sites for hydroxylation is 2. The zero-order valence-electron chi connectivity index (χ0n) is 18.7. The lowest BCUT2D eigenvalue weighted by atomic mass is 10.00. The molecule has 3 nitrogen and oxygen atoms in total. The van der Waals surface area contributed by atoms with E-state index in [2.05, 4.69) is 0 Å². The third-order valence-corrected chi connectivity index (χ3v) is 5.26. The third kappa shape index (κ3) is 6.54. The van der Waals surface area contributed by atoms with Gasteiger partial charge in [-0.3, -0.25) is 0 Å². The molecule has 0 aliphatic heterocycles. The van der Waals surface area contributed by atoms with Crippen molar-refractivity contribution in [2.45, 2.75) is 32.6 Å². The average Bonchev–Trinajstić information content (AvgIpc) is 2.82. The molecular weight excluding hydrogens is 410 g/mol. The highest BCUT2D eigenvalue weighted by atomic mass is 19.2. The summed E-state index contributed by atoms with van der Waals surface area (Å²) in [6.45, 7) is 3.47. The second-order valence-electron chi connectivity index (χ2n) is 7.55. The van der Waals surface area contributed by atoms with Crippen molar-refractivity contribution in [3.05, 3.63) is 83.4 Å². The molecule has 0 aromatic heterocycles. The lowest BCUT2D eigenvalue weighted by Crippen LogP contribution is -2.02. The fraction of sp³-hybridized carbons (Fsp3) is 0.333. The molecule has 0 heterocycles. The van der Waals surface area contributed by atoms with E-state index in [1.54, 1.807) is 20.1 Å². The van der Waals surface area contributed by atoms with E-state index in [9.17, 15) is 8.78 Å². The molecule has 0 fully saturated rings. The van der Waals surface area contributed by atoms with Gasteiger partial charge in [0.05, 0.1) is 13.2 Å². The van der Waals surface area contributed by atoms with Crippen LogP contribution in [0.1, 0.15) is 30.9 Å². The van der Waals surface area contributed by atoms with Gasteiger partial charge in [0.1, 0.15) is 5.75 Å². The summed E-state index contributed by atoms with van der Waals surface area (Å²) in [4.78, 5) is 0. The molecule has 0 amide bonds. The summed E-state index contributed by atoms with van der Waals surface area (Å²) >= 11 is 0. The second-order valence-corrected chi connectivity index (χ2v) is 7.55. The van der Waals surface area contributed by atoms with Gasteiger partial charge < -0.3 is 14.2 Å². The Bertz CT molecular complexity index is 969. The van der Waals surface area contributed by atoms with Crippen molar-refractivity contribution in [3.63, 3.8) is 0 Å². The first-order valence-electron chi connectivity index (χ1n) is 11.0. The maximum absolute atomic E-state index is 14.3. The molecule has 3 aromatic rings. The van der Waals surface area contributed by atoms with Crippen LogP contribution in [0.4, 0.5) is 8.78 Å². The highest BCUT2D eigenvalue weighted by molar-refractivity contribution is 5.64. The SMILES string of the molecule is CCOc1ccc(CCc2ccc(-c3ccc(OCCCCOC)cc3)cc2)c(F)c1F. The predicted octanol–water partition coefficient (Wildman–Crippen LogP) is 6.62. The van der Waals surface area contributed by atoms with Crippen molar-refractivity contribution in [2.75, 3.05) is 26.9 Å². The average molecular weight is 441 g/mol. The van der Waals surface area contributed by atoms with Crippen LogP contribution >= 0.6 is 0 Å². The van der Waals surface area contributed by atoms with E-state index in [0.717, 1.165) is 41.9 Å². The van der Waals surface area contributed by atoms with Crippen LogP contribution in [-0.2, 0) is 17.6 Å². The van der Waals surface area contributed by atoms with E-state index >= 15 is 0 Å². The standard InChI is InChI=1S/C27H30F2O3/c1-3-31-25-17-14-23(26(28)27(25)29)11-8-20-6-9-21(10-7-20)22-12-15-24(16-13-22)32-19-5-4-18-30-2/h6-7,9-10,12-17H,3-5,8,11,18-19H2,1-2H3. The monoisotopic (exact) mass is 440 g/mol. The van der Waals surface area contributed by atoms with E-state index in [4.69, 9.17) is 14.2 Å². The number of benzene rings is 3. The summed E-state index contributed by atoms with van der Waals surface area (Å²) < 4.78 is 44.2. The van der Waals surface area contributed by atoms with Crippen LogP contribution < -0.4 is 9.47 Å². The molecule has 0 bridgehead atoms. The zero-order chi connectivity index (χ0) is 22.8. The van der Waals surface area contributed by atoms with Crippen LogP contribution in [0.3, 0.4) is 0 Å². The molecule has 0 unspecified atom stereocenters. The molecule has 0 spiro atoms. The van der Waals surface area contributed by atoms with Crippen LogP contribution in [0.25, 0.3) is 11.1 Å². The number of rotatable bonds is 12. The molecular formula is C27H30F2O3. The second kappa shape index (κ2) is 12.2. The van der Waals surface area contributed by atoms with Gasteiger partial charge >= 0.3 is 0 Å². The Morgan fingerprint density at radius 3 is 2.00 bits per heavy atom. The van der Waals surface area contributed by atoms with Gasteiger partial charge in [-0.2, -0.15) is 4.39 Å².